The molecule has 0 saturated carbocycles. The minimum absolute atomic E-state index is 0.0830. The van der Waals surface area contributed by atoms with Crippen molar-refractivity contribution in [1.82, 2.24) is 5.32 Å². The maximum atomic E-state index is 12.4. The molecule has 0 fully saturated rings. The van der Waals surface area contributed by atoms with Gasteiger partial charge in [-0.25, -0.2) is 4.79 Å². The average molecular weight is 465 g/mol. The largest absolute Gasteiger partial charge is 0.493 e. The molecule has 8 nitrogen and oxygen atoms in total. The SMILES string of the molecule is COc1ccc(CCNC(=O)COC(=O)/C=C/c2ccc(OC(F)F)c(OC)c2)cc1OC. The fourth-order valence-corrected chi connectivity index (χ4v) is 2.76. The Bertz CT molecular complexity index is 979. The number of halogens is 2. The van der Waals surface area contributed by atoms with E-state index in [4.69, 9.17) is 18.9 Å². The van der Waals surface area contributed by atoms with Crippen molar-refractivity contribution in [2.45, 2.75) is 13.0 Å². The van der Waals surface area contributed by atoms with Crippen molar-refractivity contribution >= 4 is 18.0 Å². The zero-order valence-electron chi connectivity index (χ0n) is 18.4. The number of esters is 1. The van der Waals surface area contributed by atoms with E-state index < -0.39 is 25.1 Å². The molecule has 0 aliphatic rings. The van der Waals surface area contributed by atoms with E-state index in [1.807, 2.05) is 12.1 Å². The molecule has 0 bridgehead atoms. The second kappa shape index (κ2) is 12.9. The number of nitrogens with one attached hydrogen (secondary N) is 1. The molecule has 0 radical (unpaired) electrons. The number of carbonyl (C=O) groups is 2. The van der Waals surface area contributed by atoms with Crippen LogP contribution in [0.15, 0.2) is 42.5 Å². The van der Waals surface area contributed by atoms with Crippen LogP contribution in [0.1, 0.15) is 11.1 Å². The molecule has 2 rings (SSSR count). The number of ether oxygens (including phenoxy) is 5. The fraction of sp³-hybridized carbons (Fsp3) is 0.304. The van der Waals surface area contributed by atoms with Crippen molar-refractivity contribution < 1.29 is 42.1 Å². The van der Waals surface area contributed by atoms with Crippen LogP contribution in [-0.4, -0.2) is 53.0 Å². The summed E-state index contributed by atoms with van der Waals surface area (Å²) in [6, 6.07) is 9.63. The summed E-state index contributed by atoms with van der Waals surface area (Å²) >= 11 is 0. The molecule has 1 amide bonds. The zero-order chi connectivity index (χ0) is 24.2. The van der Waals surface area contributed by atoms with Crippen LogP contribution < -0.4 is 24.3 Å². The predicted molar refractivity (Wildman–Crippen MR) is 116 cm³/mol. The van der Waals surface area contributed by atoms with E-state index >= 15 is 0 Å². The van der Waals surface area contributed by atoms with Crippen molar-refractivity contribution in [1.29, 1.82) is 0 Å². The summed E-state index contributed by atoms with van der Waals surface area (Å²) < 4.78 is 49.4. The number of methoxy groups -OCH3 is 3. The van der Waals surface area contributed by atoms with E-state index in [9.17, 15) is 18.4 Å². The van der Waals surface area contributed by atoms with Gasteiger partial charge in [-0.2, -0.15) is 8.78 Å². The lowest BCUT2D eigenvalue weighted by Gasteiger charge is -2.10. The molecule has 0 aliphatic heterocycles. The van der Waals surface area contributed by atoms with Crippen molar-refractivity contribution in [2.75, 3.05) is 34.5 Å². The highest BCUT2D eigenvalue weighted by molar-refractivity contribution is 5.89. The standard InChI is InChI=1S/C23H25F2NO7/c1-29-17-7-4-16(13-19(17)30-2)10-11-26-21(27)14-32-22(28)9-6-15-5-8-18(33-23(24)25)20(12-15)31-3/h4-9,12-13,23H,10-11,14H2,1-3H3,(H,26,27)/b9-6+. The van der Waals surface area contributed by atoms with Gasteiger partial charge in [0, 0.05) is 12.6 Å². The van der Waals surface area contributed by atoms with Gasteiger partial charge in [0.2, 0.25) is 0 Å². The molecule has 2 aromatic rings. The lowest BCUT2D eigenvalue weighted by atomic mass is 10.1. The third-order valence-corrected chi connectivity index (χ3v) is 4.34. The highest BCUT2D eigenvalue weighted by atomic mass is 19.3. The minimum Gasteiger partial charge on any atom is -0.493 e. The lowest BCUT2D eigenvalue weighted by molar-refractivity contribution is -0.143. The van der Waals surface area contributed by atoms with Crippen LogP contribution in [0.25, 0.3) is 6.08 Å². The summed E-state index contributed by atoms with van der Waals surface area (Å²) in [6.45, 7) is -3.09. The molecule has 0 aromatic heterocycles. The van der Waals surface area contributed by atoms with Gasteiger partial charge in [0.05, 0.1) is 21.3 Å². The number of amides is 1. The fourth-order valence-electron chi connectivity index (χ4n) is 2.76. The maximum Gasteiger partial charge on any atom is 0.387 e. The number of hydrogen-bond acceptors (Lipinski definition) is 7. The van der Waals surface area contributed by atoms with Gasteiger partial charge in [0.15, 0.2) is 29.6 Å². The molecule has 2 aromatic carbocycles. The van der Waals surface area contributed by atoms with Crippen molar-refractivity contribution in [3.8, 4) is 23.0 Å². The second-order valence-corrected chi connectivity index (χ2v) is 6.52. The summed E-state index contributed by atoms with van der Waals surface area (Å²) in [7, 11) is 4.39. The molecule has 0 atom stereocenters. The van der Waals surface area contributed by atoms with E-state index in [1.54, 1.807) is 20.3 Å². The monoisotopic (exact) mass is 465 g/mol. The van der Waals surface area contributed by atoms with Gasteiger partial charge < -0.3 is 29.0 Å². The normalized spacial score (nSPS) is 10.7. The lowest BCUT2D eigenvalue weighted by Crippen LogP contribution is -2.30. The first kappa shape index (κ1) is 25.4. The van der Waals surface area contributed by atoms with Gasteiger partial charge in [-0.1, -0.05) is 12.1 Å². The topological polar surface area (TPSA) is 92.3 Å². The molecule has 0 aliphatic carbocycles. The van der Waals surface area contributed by atoms with Gasteiger partial charge in [0.1, 0.15) is 0 Å². The van der Waals surface area contributed by atoms with E-state index in [0.29, 0.717) is 30.0 Å². The van der Waals surface area contributed by atoms with E-state index in [2.05, 4.69) is 10.1 Å². The number of alkyl halides is 2. The van der Waals surface area contributed by atoms with Gasteiger partial charge in [0.25, 0.3) is 5.91 Å². The van der Waals surface area contributed by atoms with Crippen LogP contribution >= 0.6 is 0 Å². The van der Waals surface area contributed by atoms with Crippen molar-refractivity contribution in [3.63, 3.8) is 0 Å². The Morgan fingerprint density at radius 3 is 2.27 bits per heavy atom. The van der Waals surface area contributed by atoms with Gasteiger partial charge in [-0.05, 0) is 47.9 Å². The number of rotatable bonds is 12. The second-order valence-electron chi connectivity index (χ2n) is 6.52. The first-order valence-corrected chi connectivity index (χ1v) is 9.81. The van der Waals surface area contributed by atoms with Crippen LogP contribution in [0, 0.1) is 0 Å². The van der Waals surface area contributed by atoms with Crippen molar-refractivity contribution in [2.24, 2.45) is 0 Å². The molecule has 178 valence electrons. The zero-order valence-corrected chi connectivity index (χ0v) is 18.4. The summed E-state index contributed by atoms with van der Waals surface area (Å²) in [4.78, 5) is 23.7. The first-order chi connectivity index (χ1) is 15.9. The molecule has 0 spiro atoms. The molecular formula is C23H25F2NO7. The Hall–Kier alpha value is -3.82. The quantitative estimate of drug-likeness (QED) is 0.380. The highest BCUT2D eigenvalue weighted by Gasteiger charge is 2.11. The third kappa shape index (κ3) is 8.32. The summed E-state index contributed by atoms with van der Waals surface area (Å²) in [5, 5.41) is 2.66. The Balaban J connectivity index is 1.78. The van der Waals surface area contributed by atoms with Crippen LogP contribution in [-0.2, 0) is 20.7 Å². The molecule has 1 N–H and O–H groups in total. The number of benzene rings is 2. The van der Waals surface area contributed by atoms with Gasteiger partial charge >= 0.3 is 12.6 Å². The molecule has 33 heavy (non-hydrogen) atoms. The Morgan fingerprint density at radius 1 is 0.939 bits per heavy atom. The smallest absolute Gasteiger partial charge is 0.387 e. The highest BCUT2D eigenvalue weighted by Crippen LogP contribution is 2.30. The number of hydrogen-bond donors (Lipinski definition) is 1. The molecule has 0 saturated heterocycles. The van der Waals surface area contributed by atoms with Crippen LogP contribution in [0.4, 0.5) is 8.78 Å². The predicted octanol–water partition coefficient (Wildman–Crippen LogP) is 3.23. The van der Waals surface area contributed by atoms with E-state index in [0.717, 1.165) is 11.6 Å². The first-order valence-electron chi connectivity index (χ1n) is 9.81. The van der Waals surface area contributed by atoms with E-state index in [-0.39, 0.29) is 11.5 Å². The van der Waals surface area contributed by atoms with Crippen LogP contribution in [0.3, 0.4) is 0 Å². The van der Waals surface area contributed by atoms with Crippen LogP contribution in [0.5, 0.6) is 23.0 Å². The Morgan fingerprint density at radius 2 is 1.61 bits per heavy atom. The third-order valence-electron chi connectivity index (χ3n) is 4.34. The summed E-state index contributed by atoms with van der Waals surface area (Å²) in [5.41, 5.74) is 1.43. The summed E-state index contributed by atoms with van der Waals surface area (Å²) in [6.07, 6.45) is 3.05. The number of carbonyl (C=O) groups excluding carboxylic acids is 2. The van der Waals surface area contributed by atoms with E-state index in [1.165, 1.54) is 31.4 Å². The summed E-state index contributed by atoms with van der Waals surface area (Å²) in [5.74, 6) is -0.0297. The Labute approximate surface area is 190 Å². The minimum atomic E-state index is -2.99. The molecule has 10 heteroatoms. The van der Waals surface area contributed by atoms with Gasteiger partial charge in [-0.15, -0.1) is 0 Å². The molecular weight excluding hydrogens is 440 g/mol. The molecule has 0 heterocycles. The van der Waals surface area contributed by atoms with Crippen LogP contribution in [0.2, 0.25) is 0 Å². The van der Waals surface area contributed by atoms with Gasteiger partial charge in [-0.3, -0.25) is 4.79 Å². The maximum absolute atomic E-state index is 12.4. The van der Waals surface area contributed by atoms with Crippen molar-refractivity contribution in [3.05, 3.63) is 53.6 Å². The molecule has 0 unspecified atom stereocenters. The average Bonchev–Trinajstić information content (AvgIpc) is 2.81. The Kier molecular flexibility index (Phi) is 9.94.